The largest absolute Gasteiger partial charge is 0.463 e. The first-order valence-corrected chi connectivity index (χ1v) is 10.4. The summed E-state index contributed by atoms with van der Waals surface area (Å²) in [4.78, 5) is 10.2. The zero-order chi connectivity index (χ0) is 22.3. The minimum atomic E-state index is -0.265. The summed E-state index contributed by atoms with van der Waals surface area (Å²) in [6.07, 6.45) is 16.7. The van der Waals surface area contributed by atoms with Gasteiger partial charge in [-0.3, -0.25) is 4.79 Å². The number of aliphatic hydroxyl groups is 2. The summed E-state index contributed by atoms with van der Waals surface area (Å²) < 4.78 is 4.45. The first kappa shape index (κ1) is 27.1. The van der Waals surface area contributed by atoms with E-state index in [2.05, 4.69) is 50.7 Å². The first-order valence-electron chi connectivity index (χ1n) is 10.4. The van der Waals surface area contributed by atoms with E-state index in [4.69, 9.17) is 10.2 Å². The Hall–Kier alpha value is -1.91. The highest BCUT2D eigenvalue weighted by molar-refractivity contribution is 5.68. The van der Waals surface area contributed by atoms with Crippen molar-refractivity contribution >= 4 is 5.97 Å². The Kier molecular flexibility index (Phi) is 14.0. The fraction of sp³-hybridized carbons (Fsp3) is 0.560. The molecular formula is C25H40O4. The van der Waals surface area contributed by atoms with Crippen LogP contribution < -0.4 is 0 Å². The molecule has 4 nitrogen and oxygen atoms in total. The molecule has 0 saturated heterocycles. The predicted molar refractivity (Wildman–Crippen MR) is 122 cm³/mol. The van der Waals surface area contributed by atoms with E-state index in [1.54, 1.807) is 13.0 Å². The first-order chi connectivity index (χ1) is 13.7. The van der Waals surface area contributed by atoms with Gasteiger partial charge in [-0.1, -0.05) is 73.9 Å². The Balaban J connectivity index is 0.000000828. The fourth-order valence-electron chi connectivity index (χ4n) is 3.11. The van der Waals surface area contributed by atoms with Crippen LogP contribution >= 0.6 is 0 Å². The molecule has 0 aromatic carbocycles. The lowest BCUT2D eigenvalue weighted by atomic mass is 9.72. The van der Waals surface area contributed by atoms with E-state index < -0.39 is 0 Å². The Bertz CT molecular complexity index is 646. The third kappa shape index (κ3) is 12.3. The third-order valence-corrected chi connectivity index (χ3v) is 4.83. The molecule has 0 heterocycles. The molecule has 0 aromatic rings. The van der Waals surface area contributed by atoms with E-state index in [-0.39, 0.29) is 25.8 Å². The zero-order valence-electron chi connectivity index (χ0n) is 19.1. The summed E-state index contributed by atoms with van der Waals surface area (Å²) in [6.45, 7) is 12.9. The van der Waals surface area contributed by atoms with Gasteiger partial charge in [-0.2, -0.15) is 0 Å². The van der Waals surface area contributed by atoms with E-state index in [9.17, 15) is 4.79 Å². The van der Waals surface area contributed by atoms with E-state index in [0.717, 1.165) is 5.57 Å². The van der Waals surface area contributed by atoms with Gasteiger partial charge in [0.15, 0.2) is 0 Å². The second kappa shape index (κ2) is 15.0. The van der Waals surface area contributed by atoms with Crippen LogP contribution in [0, 0.1) is 5.41 Å². The minimum absolute atomic E-state index is 0.0915. The van der Waals surface area contributed by atoms with Crippen LogP contribution in [0.2, 0.25) is 0 Å². The maximum absolute atomic E-state index is 10.2. The van der Waals surface area contributed by atoms with Gasteiger partial charge >= 0.3 is 5.97 Å². The van der Waals surface area contributed by atoms with Gasteiger partial charge < -0.3 is 14.9 Å². The minimum Gasteiger partial charge on any atom is -0.463 e. The third-order valence-electron chi connectivity index (χ3n) is 4.83. The van der Waals surface area contributed by atoms with Gasteiger partial charge in [0.05, 0.1) is 13.2 Å². The van der Waals surface area contributed by atoms with Gasteiger partial charge in [-0.15, -0.1) is 0 Å². The van der Waals surface area contributed by atoms with Gasteiger partial charge in [-0.05, 0) is 51.0 Å². The van der Waals surface area contributed by atoms with Gasteiger partial charge in [0.2, 0.25) is 0 Å². The summed E-state index contributed by atoms with van der Waals surface area (Å²) in [5, 5.41) is 16.9. The molecule has 1 aliphatic rings. The van der Waals surface area contributed by atoms with Crippen molar-refractivity contribution in [1.29, 1.82) is 0 Å². The molecule has 0 spiro atoms. The number of aliphatic hydroxyl groups excluding tert-OH is 2. The molecule has 0 aliphatic heterocycles. The quantitative estimate of drug-likeness (QED) is 0.417. The number of carbonyl (C=O) groups excluding carboxylic acids is 1. The number of ether oxygens (including phenoxy) is 1. The zero-order valence-corrected chi connectivity index (χ0v) is 19.1. The standard InChI is InChI=1S/C20H30O.C5H10O3/c1-16(8-6-9-17(2)13-15-21)11-12-19-18(3)10-7-14-20(19,4)5;1-2-5(7)8-4-3-6/h6,8-9,11-13,21H,7,10,14-15H2,1-5H3;6H,2-4H2,1H3/b9-6+,12-11+,16-8+,17-13+;. The van der Waals surface area contributed by atoms with Crippen LogP contribution in [0.5, 0.6) is 0 Å². The molecule has 0 radical (unpaired) electrons. The Morgan fingerprint density at radius 2 is 1.86 bits per heavy atom. The number of hydrogen-bond acceptors (Lipinski definition) is 4. The Morgan fingerprint density at radius 1 is 1.17 bits per heavy atom. The van der Waals surface area contributed by atoms with Crippen molar-refractivity contribution in [1.82, 2.24) is 0 Å². The second-order valence-electron chi connectivity index (χ2n) is 7.96. The van der Waals surface area contributed by atoms with Gasteiger partial charge in [0, 0.05) is 6.42 Å². The average Bonchev–Trinajstić information content (AvgIpc) is 2.66. The second-order valence-corrected chi connectivity index (χ2v) is 7.96. The molecule has 1 aliphatic carbocycles. The maximum atomic E-state index is 10.2. The number of hydrogen-bond donors (Lipinski definition) is 2. The molecule has 1 rings (SSSR count). The van der Waals surface area contributed by atoms with Crippen LogP contribution in [0.15, 0.2) is 58.7 Å². The molecule has 4 heteroatoms. The topological polar surface area (TPSA) is 66.8 Å². The van der Waals surface area contributed by atoms with Crippen molar-refractivity contribution in [3.8, 4) is 0 Å². The van der Waals surface area contributed by atoms with Crippen LogP contribution in [0.4, 0.5) is 0 Å². The highest BCUT2D eigenvalue weighted by atomic mass is 16.5. The molecule has 0 aromatic heterocycles. The van der Waals surface area contributed by atoms with Crippen LogP contribution in [-0.4, -0.2) is 36.0 Å². The van der Waals surface area contributed by atoms with Gasteiger partial charge in [0.25, 0.3) is 0 Å². The molecule has 29 heavy (non-hydrogen) atoms. The number of rotatable bonds is 8. The van der Waals surface area contributed by atoms with Gasteiger partial charge in [-0.25, -0.2) is 0 Å². The smallest absolute Gasteiger partial charge is 0.305 e. The summed E-state index contributed by atoms with van der Waals surface area (Å²) >= 11 is 0. The summed E-state index contributed by atoms with van der Waals surface area (Å²) in [5.74, 6) is -0.265. The average molecular weight is 405 g/mol. The lowest BCUT2D eigenvalue weighted by Crippen LogP contribution is -2.19. The lowest BCUT2D eigenvalue weighted by molar-refractivity contribution is -0.144. The predicted octanol–water partition coefficient (Wildman–Crippen LogP) is 5.44. The van der Waals surface area contributed by atoms with Crippen molar-refractivity contribution in [2.75, 3.05) is 19.8 Å². The van der Waals surface area contributed by atoms with Crippen molar-refractivity contribution in [2.24, 2.45) is 5.41 Å². The van der Waals surface area contributed by atoms with Crippen molar-refractivity contribution in [3.05, 3.63) is 58.7 Å². The van der Waals surface area contributed by atoms with Crippen LogP contribution in [0.1, 0.15) is 67.2 Å². The SMILES string of the molecule is CC1=C(/C=C/C(C)=C/C=C/C(C)=C/CO)C(C)(C)CCC1.CCC(=O)OCCO. The van der Waals surface area contributed by atoms with Crippen molar-refractivity contribution < 1.29 is 19.7 Å². The molecule has 164 valence electrons. The number of allylic oxidation sites excluding steroid dienone is 9. The monoisotopic (exact) mass is 404 g/mol. The Labute approximate surface area is 177 Å². The normalized spacial score (nSPS) is 17.5. The molecule has 0 atom stereocenters. The van der Waals surface area contributed by atoms with Crippen molar-refractivity contribution in [3.63, 3.8) is 0 Å². The molecular weight excluding hydrogens is 364 g/mol. The van der Waals surface area contributed by atoms with E-state index in [1.807, 2.05) is 19.1 Å². The highest BCUT2D eigenvalue weighted by Crippen LogP contribution is 2.40. The van der Waals surface area contributed by atoms with E-state index >= 15 is 0 Å². The molecule has 2 N–H and O–H groups in total. The highest BCUT2D eigenvalue weighted by Gasteiger charge is 2.26. The summed E-state index contributed by atoms with van der Waals surface area (Å²) in [7, 11) is 0. The number of esters is 1. The summed E-state index contributed by atoms with van der Waals surface area (Å²) in [5.41, 5.74) is 5.66. The van der Waals surface area contributed by atoms with Crippen LogP contribution in [-0.2, 0) is 9.53 Å². The number of carbonyl (C=O) groups is 1. The van der Waals surface area contributed by atoms with Crippen LogP contribution in [0.25, 0.3) is 0 Å². The molecule has 0 bridgehead atoms. The van der Waals surface area contributed by atoms with E-state index in [0.29, 0.717) is 11.8 Å². The molecule has 0 amide bonds. The van der Waals surface area contributed by atoms with Gasteiger partial charge in [0.1, 0.15) is 6.61 Å². The lowest BCUT2D eigenvalue weighted by Gasteiger charge is -2.32. The van der Waals surface area contributed by atoms with Crippen LogP contribution in [0.3, 0.4) is 0 Å². The summed E-state index contributed by atoms with van der Waals surface area (Å²) in [6, 6.07) is 0. The Morgan fingerprint density at radius 3 is 2.41 bits per heavy atom. The van der Waals surface area contributed by atoms with Crippen molar-refractivity contribution in [2.45, 2.75) is 67.2 Å². The molecule has 0 saturated carbocycles. The molecule has 0 unspecified atom stereocenters. The maximum Gasteiger partial charge on any atom is 0.305 e. The fourth-order valence-corrected chi connectivity index (χ4v) is 3.11. The molecule has 0 fully saturated rings. The van der Waals surface area contributed by atoms with E-state index in [1.165, 1.54) is 36.0 Å².